The van der Waals surface area contributed by atoms with Crippen molar-refractivity contribution in [3.05, 3.63) is 35.9 Å². The molecule has 1 rings (SSSR count). The van der Waals surface area contributed by atoms with Crippen LogP contribution >= 0.6 is 0 Å². The zero-order valence-corrected chi connectivity index (χ0v) is 10.1. The first-order valence-corrected chi connectivity index (χ1v) is 5.79. The molecule has 1 amide bonds. The molecular formula is C13H16NO4-. The maximum absolute atomic E-state index is 11.4. The molecule has 2 atom stereocenters. The molecule has 0 saturated carbocycles. The van der Waals surface area contributed by atoms with Gasteiger partial charge in [0.1, 0.15) is 6.10 Å². The van der Waals surface area contributed by atoms with Gasteiger partial charge in [0.2, 0.25) is 5.91 Å². The molecule has 5 nitrogen and oxygen atoms in total. The number of carboxylic acid groups (broad SMARTS) is 1. The molecule has 0 aliphatic heterocycles. The van der Waals surface area contributed by atoms with E-state index in [0.29, 0.717) is 12.0 Å². The van der Waals surface area contributed by atoms with E-state index in [9.17, 15) is 19.8 Å². The molecule has 0 radical (unpaired) electrons. The average molecular weight is 250 g/mol. The summed E-state index contributed by atoms with van der Waals surface area (Å²) in [6, 6.07) is 6.85. The molecule has 0 spiro atoms. The summed E-state index contributed by atoms with van der Waals surface area (Å²) in [6.07, 6.45) is -0.504. The van der Waals surface area contributed by atoms with Crippen molar-refractivity contribution < 1.29 is 19.8 Å². The standard InChI is InChI=1S/C13H17NO4/c1-2-6-10(15)14-11(13(17)18)12(16)9-7-4-3-5-8-9/h3-5,7-8,11-12,16H,2,6H2,1H3,(H,14,15)(H,17,18)/p-1/t11-,12+/m1/s1. The first-order chi connectivity index (χ1) is 8.56. The number of rotatable bonds is 6. The van der Waals surface area contributed by atoms with E-state index >= 15 is 0 Å². The van der Waals surface area contributed by atoms with Crippen LogP contribution in [0, 0.1) is 0 Å². The number of benzene rings is 1. The lowest BCUT2D eigenvalue weighted by Crippen LogP contribution is -2.51. The maximum Gasteiger partial charge on any atom is 0.220 e. The van der Waals surface area contributed by atoms with Crippen molar-refractivity contribution in [1.29, 1.82) is 0 Å². The lowest BCUT2D eigenvalue weighted by molar-refractivity contribution is -0.310. The number of hydrogen-bond donors (Lipinski definition) is 2. The molecule has 1 aromatic rings. The van der Waals surface area contributed by atoms with Crippen molar-refractivity contribution in [2.75, 3.05) is 0 Å². The van der Waals surface area contributed by atoms with E-state index in [1.54, 1.807) is 37.3 Å². The van der Waals surface area contributed by atoms with E-state index < -0.39 is 24.0 Å². The highest BCUT2D eigenvalue weighted by Crippen LogP contribution is 2.16. The van der Waals surface area contributed by atoms with Crippen LogP contribution in [0.15, 0.2) is 30.3 Å². The summed E-state index contributed by atoms with van der Waals surface area (Å²) in [4.78, 5) is 22.3. The van der Waals surface area contributed by atoms with Gasteiger partial charge < -0.3 is 20.3 Å². The largest absolute Gasteiger partial charge is 0.548 e. The van der Waals surface area contributed by atoms with Crippen LogP contribution < -0.4 is 10.4 Å². The molecular weight excluding hydrogens is 234 g/mol. The summed E-state index contributed by atoms with van der Waals surface area (Å²) in [5.74, 6) is -1.92. The van der Waals surface area contributed by atoms with Crippen molar-refractivity contribution >= 4 is 11.9 Å². The lowest BCUT2D eigenvalue weighted by atomic mass is 10.0. The molecule has 98 valence electrons. The van der Waals surface area contributed by atoms with Crippen molar-refractivity contribution in [3.8, 4) is 0 Å². The number of carbonyl (C=O) groups excluding carboxylic acids is 2. The third-order valence-corrected chi connectivity index (χ3v) is 2.50. The highest BCUT2D eigenvalue weighted by Gasteiger charge is 2.23. The average Bonchev–Trinajstić information content (AvgIpc) is 2.36. The van der Waals surface area contributed by atoms with Crippen LogP contribution in [0.25, 0.3) is 0 Å². The minimum Gasteiger partial charge on any atom is -0.548 e. The van der Waals surface area contributed by atoms with Gasteiger partial charge in [-0.3, -0.25) is 4.79 Å². The van der Waals surface area contributed by atoms with Crippen LogP contribution in [0.5, 0.6) is 0 Å². The highest BCUT2D eigenvalue weighted by atomic mass is 16.4. The van der Waals surface area contributed by atoms with E-state index in [2.05, 4.69) is 5.32 Å². The first-order valence-electron chi connectivity index (χ1n) is 5.79. The molecule has 0 fully saturated rings. The second-order valence-electron chi connectivity index (χ2n) is 3.97. The van der Waals surface area contributed by atoms with Gasteiger partial charge in [0, 0.05) is 6.42 Å². The summed E-state index contributed by atoms with van der Waals surface area (Å²) in [6.45, 7) is 1.81. The van der Waals surface area contributed by atoms with E-state index in [4.69, 9.17) is 0 Å². The van der Waals surface area contributed by atoms with E-state index in [1.807, 2.05) is 0 Å². The minimum absolute atomic E-state index is 0.214. The SMILES string of the molecule is CCCC(=O)N[C@@H](C(=O)[O-])[C@@H](O)c1ccccc1. The Labute approximate surface area is 105 Å². The molecule has 0 aliphatic rings. The summed E-state index contributed by atoms with van der Waals surface area (Å²) >= 11 is 0. The molecule has 0 saturated heterocycles. The first kappa shape index (κ1) is 14.2. The normalized spacial score (nSPS) is 13.7. The van der Waals surface area contributed by atoms with Gasteiger partial charge in [0.25, 0.3) is 0 Å². The number of aliphatic hydroxyl groups excluding tert-OH is 1. The Morgan fingerprint density at radius 3 is 2.44 bits per heavy atom. The van der Waals surface area contributed by atoms with E-state index in [1.165, 1.54) is 0 Å². The molecule has 0 aromatic heterocycles. The number of aliphatic carboxylic acids is 1. The Kier molecular flexibility index (Phi) is 5.32. The van der Waals surface area contributed by atoms with Gasteiger partial charge in [0.15, 0.2) is 0 Å². The van der Waals surface area contributed by atoms with Crippen LogP contribution in [0.2, 0.25) is 0 Å². The molecule has 0 unspecified atom stereocenters. The van der Waals surface area contributed by atoms with E-state index in [0.717, 1.165) is 0 Å². The highest BCUT2D eigenvalue weighted by molar-refractivity contribution is 5.83. The third-order valence-electron chi connectivity index (χ3n) is 2.50. The molecule has 5 heteroatoms. The fourth-order valence-corrected chi connectivity index (χ4v) is 1.58. The van der Waals surface area contributed by atoms with Gasteiger partial charge in [-0.2, -0.15) is 0 Å². The van der Waals surface area contributed by atoms with Gasteiger partial charge in [0.05, 0.1) is 12.0 Å². The minimum atomic E-state index is -1.50. The number of nitrogens with one attached hydrogen (secondary N) is 1. The van der Waals surface area contributed by atoms with Crippen LogP contribution in [0.4, 0.5) is 0 Å². The number of amides is 1. The summed E-state index contributed by atoms with van der Waals surface area (Å²) in [7, 11) is 0. The number of carbonyl (C=O) groups is 2. The fourth-order valence-electron chi connectivity index (χ4n) is 1.58. The molecule has 1 aromatic carbocycles. The quantitative estimate of drug-likeness (QED) is 0.729. The summed E-state index contributed by atoms with van der Waals surface area (Å²) in [5, 5.41) is 23.2. The Balaban J connectivity index is 2.79. The van der Waals surface area contributed by atoms with Crippen molar-refractivity contribution in [1.82, 2.24) is 5.32 Å². The van der Waals surface area contributed by atoms with Crippen LogP contribution in [-0.4, -0.2) is 23.0 Å². The third kappa shape index (κ3) is 3.85. The second-order valence-corrected chi connectivity index (χ2v) is 3.97. The zero-order valence-electron chi connectivity index (χ0n) is 10.1. The van der Waals surface area contributed by atoms with Crippen LogP contribution in [-0.2, 0) is 9.59 Å². The molecule has 2 N–H and O–H groups in total. The van der Waals surface area contributed by atoms with Crippen molar-refractivity contribution in [2.24, 2.45) is 0 Å². The Morgan fingerprint density at radius 2 is 1.94 bits per heavy atom. The Morgan fingerprint density at radius 1 is 1.33 bits per heavy atom. The van der Waals surface area contributed by atoms with Gasteiger partial charge in [-0.15, -0.1) is 0 Å². The predicted octanol–water partition coefficient (Wildman–Crippen LogP) is -0.245. The number of carboxylic acids is 1. The molecule has 0 bridgehead atoms. The van der Waals surface area contributed by atoms with Gasteiger partial charge in [-0.1, -0.05) is 37.3 Å². The topological polar surface area (TPSA) is 89.5 Å². The smallest absolute Gasteiger partial charge is 0.220 e. The number of hydrogen-bond acceptors (Lipinski definition) is 4. The van der Waals surface area contributed by atoms with Crippen LogP contribution in [0.3, 0.4) is 0 Å². The van der Waals surface area contributed by atoms with Gasteiger partial charge >= 0.3 is 0 Å². The second kappa shape index (κ2) is 6.76. The summed E-state index contributed by atoms with van der Waals surface area (Å²) in [5.41, 5.74) is 0.420. The lowest BCUT2D eigenvalue weighted by Gasteiger charge is -2.25. The molecule has 18 heavy (non-hydrogen) atoms. The van der Waals surface area contributed by atoms with Gasteiger partial charge in [-0.05, 0) is 12.0 Å². The summed E-state index contributed by atoms with van der Waals surface area (Å²) < 4.78 is 0. The molecule has 0 aliphatic carbocycles. The predicted molar refractivity (Wildman–Crippen MR) is 63.2 cm³/mol. The van der Waals surface area contributed by atoms with Gasteiger partial charge in [-0.25, -0.2) is 0 Å². The Bertz CT molecular complexity index is 405. The fraction of sp³-hybridized carbons (Fsp3) is 0.385. The maximum atomic E-state index is 11.4. The van der Waals surface area contributed by atoms with Crippen molar-refractivity contribution in [2.45, 2.75) is 31.9 Å². The zero-order chi connectivity index (χ0) is 13.5. The monoisotopic (exact) mass is 250 g/mol. The molecule has 0 heterocycles. The Hall–Kier alpha value is -1.88. The van der Waals surface area contributed by atoms with Crippen molar-refractivity contribution in [3.63, 3.8) is 0 Å². The number of aliphatic hydroxyl groups is 1. The van der Waals surface area contributed by atoms with Crippen LogP contribution in [0.1, 0.15) is 31.4 Å². The van der Waals surface area contributed by atoms with E-state index in [-0.39, 0.29) is 6.42 Å².